The second-order valence-corrected chi connectivity index (χ2v) is 8.21. The summed E-state index contributed by atoms with van der Waals surface area (Å²) in [4.78, 5) is 16.9. The Balaban J connectivity index is 1.53. The lowest BCUT2D eigenvalue weighted by atomic mass is 9.96. The molecular formula is C24H21Cl2FN2O. The van der Waals surface area contributed by atoms with Gasteiger partial charge in [0.05, 0.1) is 6.04 Å². The summed E-state index contributed by atoms with van der Waals surface area (Å²) in [6, 6.07) is 21.5. The van der Waals surface area contributed by atoms with Crippen LogP contribution in [0.2, 0.25) is 10.0 Å². The number of amides is 1. The van der Waals surface area contributed by atoms with E-state index in [9.17, 15) is 9.18 Å². The van der Waals surface area contributed by atoms with Crippen LogP contribution >= 0.6 is 23.2 Å². The Labute approximate surface area is 185 Å². The summed E-state index contributed by atoms with van der Waals surface area (Å²) < 4.78 is 13.2. The van der Waals surface area contributed by atoms with Crippen LogP contribution in [0.4, 0.5) is 4.39 Å². The van der Waals surface area contributed by atoms with Gasteiger partial charge in [-0.3, -0.25) is 9.69 Å². The predicted molar refractivity (Wildman–Crippen MR) is 119 cm³/mol. The first-order chi connectivity index (χ1) is 14.5. The van der Waals surface area contributed by atoms with Gasteiger partial charge in [-0.2, -0.15) is 0 Å². The highest BCUT2D eigenvalue weighted by atomic mass is 35.5. The van der Waals surface area contributed by atoms with Gasteiger partial charge in [0.1, 0.15) is 5.82 Å². The van der Waals surface area contributed by atoms with Gasteiger partial charge in [0.25, 0.3) is 5.91 Å². The molecule has 3 nitrogen and oxygen atoms in total. The molecule has 0 spiro atoms. The number of benzene rings is 3. The second-order valence-electron chi connectivity index (χ2n) is 7.34. The van der Waals surface area contributed by atoms with Gasteiger partial charge >= 0.3 is 0 Å². The van der Waals surface area contributed by atoms with Crippen molar-refractivity contribution in [3.8, 4) is 0 Å². The van der Waals surface area contributed by atoms with Gasteiger partial charge in [-0.05, 0) is 59.7 Å². The summed E-state index contributed by atoms with van der Waals surface area (Å²) in [5, 5.41) is 1.40. The van der Waals surface area contributed by atoms with Crippen LogP contribution in [0.15, 0.2) is 72.8 Å². The zero-order valence-electron chi connectivity index (χ0n) is 16.3. The molecule has 1 saturated heterocycles. The number of nitrogens with zero attached hydrogens (tertiary/aromatic N) is 2. The fourth-order valence-electron chi connectivity index (χ4n) is 3.86. The average Bonchev–Trinajstić information content (AvgIpc) is 2.77. The van der Waals surface area contributed by atoms with Crippen molar-refractivity contribution < 1.29 is 9.18 Å². The average molecular weight is 443 g/mol. The van der Waals surface area contributed by atoms with E-state index in [-0.39, 0.29) is 17.8 Å². The molecule has 154 valence electrons. The highest BCUT2D eigenvalue weighted by Gasteiger charge is 2.28. The third-order valence-corrected chi connectivity index (χ3v) is 5.93. The summed E-state index contributed by atoms with van der Waals surface area (Å²) in [5.74, 6) is -0.408. The minimum Gasteiger partial charge on any atom is -0.336 e. The van der Waals surface area contributed by atoms with Crippen LogP contribution in [0.25, 0.3) is 0 Å². The van der Waals surface area contributed by atoms with Crippen LogP contribution in [0, 0.1) is 5.82 Å². The Bertz CT molecular complexity index is 953. The van der Waals surface area contributed by atoms with Crippen LogP contribution in [0.5, 0.6) is 0 Å². The molecule has 0 radical (unpaired) electrons. The van der Waals surface area contributed by atoms with E-state index in [0.717, 1.165) is 24.2 Å². The monoisotopic (exact) mass is 442 g/mol. The van der Waals surface area contributed by atoms with E-state index in [4.69, 9.17) is 23.2 Å². The molecule has 6 heteroatoms. The third kappa shape index (κ3) is 4.67. The maximum Gasteiger partial charge on any atom is 0.253 e. The Kier molecular flexibility index (Phi) is 6.38. The van der Waals surface area contributed by atoms with E-state index in [1.54, 1.807) is 0 Å². The molecule has 0 N–H and O–H groups in total. The van der Waals surface area contributed by atoms with Crippen molar-refractivity contribution in [1.82, 2.24) is 9.80 Å². The Morgan fingerprint density at radius 1 is 0.733 bits per heavy atom. The molecule has 1 amide bonds. The van der Waals surface area contributed by atoms with Gasteiger partial charge in [-0.15, -0.1) is 0 Å². The van der Waals surface area contributed by atoms with Crippen molar-refractivity contribution in [3.05, 3.63) is 105 Å². The number of carbonyl (C=O) groups excluding carboxylic acids is 1. The van der Waals surface area contributed by atoms with Crippen molar-refractivity contribution in [2.45, 2.75) is 6.04 Å². The van der Waals surface area contributed by atoms with Crippen molar-refractivity contribution in [2.24, 2.45) is 0 Å². The van der Waals surface area contributed by atoms with E-state index < -0.39 is 0 Å². The molecule has 0 unspecified atom stereocenters. The van der Waals surface area contributed by atoms with Crippen LogP contribution in [0.3, 0.4) is 0 Å². The SMILES string of the molecule is O=C(c1ccc(F)cc1)N1CCN(C(c2ccc(Cl)cc2)c2ccc(Cl)cc2)CC1. The molecule has 3 aromatic rings. The number of halogens is 3. The highest BCUT2D eigenvalue weighted by molar-refractivity contribution is 6.30. The number of rotatable bonds is 4. The first-order valence-corrected chi connectivity index (χ1v) is 10.6. The molecule has 1 aliphatic rings. The van der Waals surface area contributed by atoms with E-state index in [0.29, 0.717) is 28.7 Å². The van der Waals surface area contributed by atoms with E-state index in [1.807, 2.05) is 53.4 Å². The maximum absolute atomic E-state index is 13.2. The van der Waals surface area contributed by atoms with Gasteiger partial charge < -0.3 is 4.90 Å². The zero-order valence-corrected chi connectivity index (χ0v) is 17.8. The molecular weight excluding hydrogens is 422 g/mol. The van der Waals surface area contributed by atoms with Gasteiger partial charge in [0.2, 0.25) is 0 Å². The van der Waals surface area contributed by atoms with Gasteiger partial charge in [-0.25, -0.2) is 4.39 Å². The Morgan fingerprint density at radius 3 is 1.67 bits per heavy atom. The summed E-state index contributed by atoms with van der Waals surface area (Å²) >= 11 is 12.2. The van der Waals surface area contributed by atoms with E-state index >= 15 is 0 Å². The predicted octanol–water partition coefficient (Wildman–Crippen LogP) is 5.68. The fraction of sp³-hybridized carbons (Fsp3) is 0.208. The Morgan fingerprint density at radius 2 is 1.20 bits per heavy atom. The molecule has 1 aliphatic heterocycles. The number of carbonyl (C=O) groups is 1. The molecule has 1 fully saturated rings. The van der Waals surface area contributed by atoms with Crippen molar-refractivity contribution in [2.75, 3.05) is 26.2 Å². The van der Waals surface area contributed by atoms with Gasteiger partial charge in [0, 0.05) is 41.8 Å². The molecule has 0 bridgehead atoms. The van der Waals surface area contributed by atoms with Crippen molar-refractivity contribution >= 4 is 29.1 Å². The summed E-state index contributed by atoms with van der Waals surface area (Å²) in [6.07, 6.45) is 0. The lowest BCUT2D eigenvalue weighted by molar-refractivity contribution is 0.0597. The van der Waals surface area contributed by atoms with Crippen molar-refractivity contribution in [3.63, 3.8) is 0 Å². The molecule has 0 saturated carbocycles. The molecule has 0 atom stereocenters. The van der Waals surface area contributed by atoms with Gasteiger partial charge in [-0.1, -0.05) is 47.5 Å². The van der Waals surface area contributed by atoms with Crippen LogP contribution in [-0.4, -0.2) is 41.9 Å². The van der Waals surface area contributed by atoms with Crippen LogP contribution < -0.4 is 0 Å². The van der Waals surface area contributed by atoms with Crippen LogP contribution in [-0.2, 0) is 0 Å². The highest BCUT2D eigenvalue weighted by Crippen LogP contribution is 2.31. The maximum atomic E-state index is 13.2. The quantitative estimate of drug-likeness (QED) is 0.518. The van der Waals surface area contributed by atoms with Gasteiger partial charge in [0.15, 0.2) is 0 Å². The minimum atomic E-state index is -0.342. The lowest BCUT2D eigenvalue weighted by Gasteiger charge is -2.40. The first-order valence-electron chi connectivity index (χ1n) is 9.81. The third-order valence-electron chi connectivity index (χ3n) is 5.43. The Hall–Kier alpha value is -2.40. The number of piperazine rings is 1. The number of hydrogen-bond acceptors (Lipinski definition) is 2. The van der Waals surface area contributed by atoms with Crippen molar-refractivity contribution in [1.29, 1.82) is 0 Å². The molecule has 3 aromatic carbocycles. The summed E-state index contributed by atoms with van der Waals surface area (Å²) in [7, 11) is 0. The molecule has 1 heterocycles. The normalized spacial score (nSPS) is 14.9. The molecule has 30 heavy (non-hydrogen) atoms. The molecule has 0 aliphatic carbocycles. The van der Waals surface area contributed by atoms with E-state index in [1.165, 1.54) is 24.3 Å². The minimum absolute atomic E-state index is 0.0441. The number of hydrogen-bond donors (Lipinski definition) is 0. The zero-order chi connectivity index (χ0) is 21.1. The van der Waals surface area contributed by atoms with Crippen LogP contribution in [0.1, 0.15) is 27.5 Å². The largest absolute Gasteiger partial charge is 0.336 e. The second kappa shape index (κ2) is 9.17. The summed E-state index contributed by atoms with van der Waals surface area (Å²) in [6.45, 7) is 2.66. The molecule has 4 rings (SSSR count). The lowest BCUT2D eigenvalue weighted by Crippen LogP contribution is -2.49. The molecule has 0 aromatic heterocycles. The standard InChI is InChI=1S/C24H21Cl2FN2O/c25-20-7-1-17(2-8-20)23(18-3-9-21(26)10-4-18)28-13-15-29(16-14-28)24(30)19-5-11-22(27)12-6-19/h1-12,23H,13-16H2. The summed E-state index contributed by atoms with van der Waals surface area (Å²) in [5.41, 5.74) is 2.79. The smallest absolute Gasteiger partial charge is 0.253 e. The fourth-order valence-corrected chi connectivity index (χ4v) is 4.11. The first kappa shape index (κ1) is 20.9. The topological polar surface area (TPSA) is 23.6 Å². The van der Waals surface area contributed by atoms with E-state index in [2.05, 4.69) is 4.90 Å².